The van der Waals surface area contributed by atoms with Gasteiger partial charge in [0.1, 0.15) is 5.75 Å². The van der Waals surface area contributed by atoms with Crippen LogP contribution in [0.3, 0.4) is 0 Å². The number of aromatic nitrogens is 1. The topological polar surface area (TPSA) is 48.1 Å². The molecule has 0 atom stereocenters. The van der Waals surface area contributed by atoms with E-state index in [1.807, 2.05) is 24.3 Å². The average Bonchev–Trinajstić information content (AvgIpc) is 2.22. The molecule has 0 saturated carbocycles. The highest BCUT2D eigenvalue weighted by Gasteiger charge is 2.02. The van der Waals surface area contributed by atoms with Crippen molar-refractivity contribution in [2.45, 2.75) is 0 Å². The molecule has 0 spiro atoms. The number of nitrogen functional groups attached to an aromatic ring is 1. The van der Waals surface area contributed by atoms with E-state index in [0.29, 0.717) is 17.3 Å². The van der Waals surface area contributed by atoms with E-state index >= 15 is 0 Å². The van der Waals surface area contributed by atoms with Crippen molar-refractivity contribution in [2.24, 2.45) is 0 Å². The lowest BCUT2D eigenvalue weighted by molar-refractivity contribution is 0.465. The monoisotopic (exact) mass is 264 g/mol. The lowest BCUT2D eigenvalue weighted by atomic mass is 10.3. The average molecular weight is 265 g/mol. The number of hydrogen-bond acceptors (Lipinski definition) is 3. The quantitative estimate of drug-likeness (QED) is 0.906. The highest BCUT2D eigenvalue weighted by molar-refractivity contribution is 9.10. The molecule has 0 saturated heterocycles. The summed E-state index contributed by atoms with van der Waals surface area (Å²) in [5.74, 6) is 1.13. The Balaban J connectivity index is 2.26. The molecule has 0 bridgehead atoms. The second-order valence-electron chi connectivity index (χ2n) is 2.96. The third-order valence-corrected chi connectivity index (χ3v) is 2.30. The molecule has 0 aliphatic heterocycles. The van der Waals surface area contributed by atoms with Crippen molar-refractivity contribution >= 4 is 21.6 Å². The highest BCUT2D eigenvalue weighted by atomic mass is 79.9. The van der Waals surface area contributed by atoms with Gasteiger partial charge in [0.05, 0.1) is 5.69 Å². The maximum Gasteiger partial charge on any atom is 0.242 e. The van der Waals surface area contributed by atoms with Crippen molar-refractivity contribution in [3.8, 4) is 11.6 Å². The molecule has 0 unspecified atom stereocenters. The van der Waals surface area contributed by atoms with Gasteiger partial charge in [0, 0.05) is 10.7 Å². The van der Waals surface area contributed by atoms with Gasteiger partial charge in [-0.05, 0) is 30.3 Å². The van der Waals surface area contributed by atoms with Gasteiger partial charge in [0.25, 0.3) is 0 Å². The van der Waals surface area contributed by atoms with Crippen LogP contribution >= 0.6 is 15.9 Å². The van der Waals surface area contributed by atoms with Crippen LogP contribution in [0.15, 0.2) is 47.1 Å². The zero-order valence-corrected chi connectivity index (χ0v) is 9.44. The van der Waals surface area contributed by atoms with Crippen LogP contribution in [0, 0.1) is 0 Å². The van der Waals surface area contributed by atoms with Crippen molar-refractivity contribution < 1.29 is 4.74 Å². The van der Waals surface area contributed by atoms with Crippen LogP contribution in [0.1, 0.15) is 0 Å². The Bertz CT molecular complexity index is 474. The summed E-state index contributed by atoms with van der Waals surface area (Å²) in [6.45, 7) is 0. The number of nitrogens with two attached hydrogens (primary N) is 1. The minimum Gasteiger partial charge on any atom is -0.437 e. The van der Waals surface area contributed by atoms with Crippen LogP contribution in [0.25, 0.3) is 0 Å². The number of nitrogens with zero attached hydrogens (tertiary/aromatic N) is 1. The third kappa shape index (κ3) is 2.47. The summed E-state index contributed by atoms with van der Waals surface area (Å²) in [5, 5.41) is 0. The fourth-order valence-electron chi connectivity index (χ4n) is 1.13. The zero-order chi connectivity index (χ0) is 10.7. The molecule has 3 nitrogen and oxygen atoms in total. The van der Waals surface area contributed by atoms with Crippen molar-refractivity contribution in [3.05, 3.63) is 47.1 Å². The molecule has 0 fully saturated rings. The van der Waals surface area contributed by atoms with E-state index in [1.165, 1.54) is 0 Å². The number of anilines is 1. The lowest BCUT2D eigenvalue weighted by Gasteiger charge is -2.06. The molecule has 4 heteroatoms. The molecule has 2 rings (SSSR count). The Kier molecular flexibility index (Phi) is 2.87. The van der Waals surface area contributed by atoms with Crippen LogP contribution < -0.4 is 10.5 Å². The van der Waals surface area contributed by atoms with Gasteiger partial charge in [-0.3, -0.25) is 0 Å². The summed E-state index contributed by atoms with van der Waals surface area (Å²) in [4.78, 5) is 4.04. The molecule has 1 aromatic carbocycles. The summed E-state index contributed by atoms with van der Waals surface area (Å²) >= 11 is 3.36. The van der Waals surface area contributed by atoms with E-state index in [1.54, 1.807) is 18.3 Å². The minimum absolute atomic E-state index is 0.426. The van der Waals surface area contributed by atoms with Crippen molar-refractivity contribution in [2.75, 3.05) is 5.73 Å². The SMILES string of the molecule is Nc1cccnc1Oc1cccc(Br)c1. The van der Waals surface area contributed by atoms with Crippen LogP contribution in [0.5, 0.6) is 11.6 Å². The molecule has 0 radical (unpaired) electrons. The highest BCUT2D eigenvalue weighted by Crippen LogP contribution is 2.26. The molecule has 1 aromatic heterocycles. The molecule has 76 valence electrons. The van der Waals surface area contributed by atoms with Gasteiger partial charge in [-0.1, -0.05) is 22.0 Å². The van der Waals surface area contributed by atoms with E-state index in [-0.39, 0.29) is 0 Å². The number of benzene rings is 1. The largest absolute Gasteiger partial charge is 0.437 e. The van der Waals surface area contributed by atoms with Crippen molar-refractivity contribution in [1.82, 2.24) is 4.98 Å². The Hall–Kier alpha value is -1.55. The molecule has 0 aliphatic rings. The second kappa shape index (κ2) is 4.31. The van der Waals surface area contributed by atoms with Crippen LogP contribution in [0.2, 0.25) is 0 Å². The first kappa shape index (κ1) is 9.98. The fraction of sp³-hybridized carbons (Fsp3) is 0. The Morgan fingerprint density at radius 1 is 1.20 bits per heavy atom. The molecule has 0 aliphatic carbocycles. The van der Waals surface area contributed by atoms with Crippen LogP contribution in [-0.4, -0.2) is 4.98 Å². The van der Waals surface area contributed by atoms with Gasteiger partial charge in [-0.15, -0.1) is 0 Å². The predicted octanol–water partition coefficient (Wildman–Crippen LogP) is 3.22. The van der Waals surface area contributed by atoms with Gasteiger partial charge in [-0.25, -0.2) is 4.98 Å². The van der Waals surface area contributed by atoms with Crippen LogP contribution in [0.4, 0.5) is 5.69 Å². The maximum absolute atomic E-state index is 5.71. The molecule has 15 heavy (non-hydrogen) atoms. The standard InChI is InChI=1S/C11H9BrN2O/c12-8-3-1-4-9(7-8)15-11-10(13)5-2-6-14-11/h1-7H,13H2. The fourth-order valence-corrected chi connectivity index (χ4v) is 1.51. The third-order valence-electron chi connectivity index (χ3n) is 1.81. The number of hydrogen-bond donors (Lipinski definition) is 1. The summed E-state index contributed by atoms with van der Waals surface area (Å²) in [6, 6.07) is 11.0. The summed E-state index contributed by atoms with van der Waals surface area (Å²) in [7, 11) is 0. The number of rotatable bonds is 2. The van der Waals surface area contributed by atoms with Gasteiger partial charge >= 0.3 is 0 Å². The number of pyridine rings is 1. The van der Waals surface area contributed by atoms with E-state index in [0.717, 1.165) is 4.47 Å². The smallest absolute Gasteiger partial charge is 0.242 e. The number of ether oxygens (including phenoxy) is 1. The summed E-state index contributed by atoms with van der Waals surface area (Å²) < 4.78 is 6.48. The summed E-state index contributed by atoms with van der Waals surface area (Å²) in [6.07, 6.45) is 1.64. The Morgan fingerprint density at radius 3 is 2.80 bits per heavy atom. The molecular formula is C11H9BrN2O. The molecule has 1 heterocycles. The normalized spacial score (nSPS) is 9.93. The van der Waals surface area contributed by atoms with E-state index in [4.69, 9.17) is 10.5 Å². The van der Waals surface area contributed by atoms with Gasteiger partial charge in [-0.2, -0.15) is 0 Å². The molecule has 2 N–H and O–H groups in total. The van der Waals surface area contributed by atoms with Gasteiger partial charge in [0.2, 0.25) is 5.88 Å². The zero-order valence-electron chi connectivity index (χ0n) is 7.85. The molecular weight excluding hydrogens is 256 g/mol. The van der Waals surface area contributed by atoms with Crippen molar-refractivity contribution in [1.29, 1.82) is 0 Å². The minimum atomic E-state index is 0.426. The van der Waals surface area contributed by atoms with E-state index < -0.39 is 0 Å². The van der Waals surface area contributed by atoms with E-state index in [2.05, 4.69) is 20.9 Å². The predicted molar refractivity (Wildman–Crippen MR) is 62.9 cm³/mol. The summed E-state index contributed by atoms with van der Waals surface area (Å²) in [5.41, 5.74) is 6.23. The Labute approximate surface area is 96.0 Å². The molecule has 0 amide bonds. The van der Waals surface area contributed by atoms with Crippen LogP contribution in [-0.2, 0) is 0 Å². The van der Waals surface area contributed by atoms with E-state index in [9.17, 15) is 0 Å². The maximum atomic E-state index is 5.71. The Morgan fingerprint density at radius 2 is 2.07 bits per heavy atom. The van der Waals surface area contributed by atoms with Gasteiger partial charge in [0.15, 0.2) is 0 Å². The first-order chi connectivity index (χ1) is 7.25. The molecule has 2 aromatic rings. The van der Waals surface area contributed by atoms with Gasteiger partial charge < -0.3 is 10.5 Å². The number of halogens is 1. The van der Waals surface area contributed by atoms with Crippen molar-refractivity contribution in [3.63, 3.8) is 0 Å². The first-order valence-corrected chi connectivity index (χ1v) is 5.19. The lowest BCUT2D eigenvalue weighted by Crippen LogP contribution is -1.93. The first-order valence-electron chi connectivity index (χ1n) is 4.39. The second-order valence-corrected chi connectivity index (χ2v) is 3.87.